The van der Waals surface area contributed by atoms with Crippen molar-refractivity contribution >= 4 is 56.5 Å². The van der Waals surface area contributed by atoms with E-state index in [0.29, 0.717) is 15.8 Å². The maximum Gasteiger partial charge on any atom is 0.344 e. The molecule has 0 aliphatic carbocycles. The zero-order valence-corrected chi connectivity index (χ0v) is 18.2. The molecule has 6 nitrogen and oxygen atoms in total. The van der Waals surface area contributed by atoms with E-state index >= 15 is 0 Å². The molecular formula is C21H19BrN2O4S. The Morgan fingerprint density at radius 3 is 2.52 bits per heavy atom. The maximum atomic E-state index is 12.2. The van der Waals surface area contributed by atoms with Crippen molar-refractivity contribution in [1.29, 1.82) is 0 Å². The van der Waals surface area contributed by atoms with Crippen LogP contribution in [0.15, 0.2) is 62.9 Å². The number of nitrogens with zero attached hydrogens (tertiary/aromatic N) is 1. The lowest BCUT2D eigenvalue weighted by Crippen LogP contribution is -2.19. The molecule has 1 heterocycles. The topological polar surface area (TPSA) is 77.0 Å². The molecule has 1 fully saturated rings. The molecule has 0 bridgehead atoms. The van der Waals surface area contributed by atoms with E-state index in [1.807, 2.05) is 36.4 Å². The number of aliphatic imine (C=N–C) groups is 1. The summed E-state index contributed by atoms with van der Waals surface area (Å²) in [6.07, 6.45) is 1.60. The van der Waals surface area contributed by atoms with Gasteiger partial charge in [0, 0.05) is 4.47 Å². The quantitative estimate of drug-likeness (QED) is 0.486. The number of amidine groups is 1. The van der Waals surface area contributed by atoms with Crippen molar-refractivity contribution < 1.29 is 19.1 Å². The van der Waals surface area contributed by atoms with Crippen LogP contribution in [0.5, 0.6) is 5.75 Å². The van der Waals surface area contributed by atoms with Crippen molar-refractivity contribution in [3.8, 4) is 5.75 Å². The van der Waals surface area contributed by atoms with Gasteiger partial charge in [-0.25, -0.2) is 9.79 Å². The number of ether oxygens (including phenoxy) is 2. The largest absolute Gasteiger partial charge is 0.482 e. The Morgan fingerprint density at radius 1 is 1.17 bits per heavy atom. The number of amides is 1. The van der Waals surface area contributed by atoms with Crippen LogP contribution in [-0.2, 0) is 14.3 Å². The van der Waals surface area contributed by atoms with Crippen molar-refractivity contribution in [2.45, 2.75) is 20.0 Å². The number of halogens is 1. The Labute approximate surface area is 181 Å². The maximum absolute atomic E-state index is 12.2. The molecule has 8 heteroatoms. The van der Waals surface area contributed by atoms with Crippen molar-refractivity contribution in [3.63, 3.8) is 0 Å². The number of nitrogens with one attached hydrogen (secondary N) is 1. The number of hydrogen-bond acceptors (Lipinski definition) is 6. The highest BCUT2D eigenvalue weighted by Crippen LogP contribution is 2.28. The zero-order valence-electron chi connectivity index (χ0n) is 15.8. The molecule has 0 unspecified atom stereocenters. The molecule has 2 aromatic rings. The molecule has 2 aromatic carbocycles. The number of carbonyl (C=O) groups excluding carboxylic acids is 2. The van der Waals surface area contributed by atoms with Crippen molar-refractivity contribution in [2.24, 2.45) is 4.99 Å². The van der Waals surface area contributed by atoms with E-state index in [1.165, 1.54) is 11.8 Å². The highest BCUT2D eigenvalue weighted by molar-refractivity contribution is 9.10. The van der Waals surface area contributed by atoms with Gasteiger partial charge in [-0.15, -0.1) is 0 Å². The minimum atomic E-state index is -0.414. The predicted molar refractivity (Wildman–Crippen MR) is 118 cm³/mol. The monoisotopic (exact) mass is 474 g/mol. The number of esters is 1. The molecular weight excluding hydrogens is 456 g/mol. The van der Waals surface area contributed by atoms with Crippen LogP contribution < -0.4 is 10.1 Å². The van der Waals surface area contributed by atoms with E-state index in [9.17, 15) is 9.59 Å². The molecule has 0 aromatic heterocycles. The second-order valence-corrected chi connectivity index (χ2v) is 8.30. The van der Waals surface area contributed by atoms with Gasteiger partial charge in [0.15, 0.2) is 11.8 Å². The number of hydrogen-bond donors (Lipinski definition) is 1. The standard InChI is InChI=1S/C21H19BrN2O4S/c1-13(2)28-19(25)12-27-17-9-3-14(4-10-17)11-18-20(26)24-21(29-18)23-16-7-5-15(22)6-8-16/h3-11,13H,12H2,1-2H3,(H,23,24,26)/b18-11-. The van der Waals surface area contributed by atoms with Crippen LogP contribution in [0.3, 0.4) is 0 Å². The van der Waals surface area contributed by atoms with Crippen LogP contribution in [0.2, 0.25) is 0 Å². The molecule has 1 saturated heterocycles. The Morgan fingerprint density at radius 2 is 1.86 bits per heavy atom. The van der Waals surface area contributed by atoms with Gasteiger partial charge in [-0.2, -0.15) is 0 Å². The fraction of sp³-hybridized carbons (Fsp3) is 0.190. The normalized spacial score (nSPS) is 16.3. The van der Waals surface area contributed by atoms with Gasteiger partial charge in [-0.05, 0) is 73.6 Å². The summed E-state index contributed by atoms with van der Waals surface area (Å²) in [6.45, 7) is 3.42. The lowest BCUT2D eigenvalue weighted by Gasteiger charge is -2.09. The zero-order chi connectivity index (χ0) is 20.8. The van der Waals surface area contributed by atoms with Gasteiger partial charge in [-0.1, -0.05) is 28.1 Å². The van der Waals surface area contributed by atoms with Gasteiger partial charge >= 0.3 is 5.97 Å². The number of thioether (sulfide) groups is 1. The molecule has 0 atom stereocenters. The number of rotatable bonds is 6. The third-order valence-electron chi connectivity index (χ3n) is 3.61. The molecule has 29 heavy (non-hydrogen) atoms. The van der Waals surface area contributed by atoms with Gasteiger partial charge < -0.3 is 14.8 Å². The Kier molecular flexibility index (Phi) is 7.11. The second kappa shape index (κ2) is 9.76. The smallest absolute Gasteiger partial charge is 0.344 e. The van der Waals surface area contributed by atoms with Gasteiger partial charge in [0.05, 0.1) is 16.7 Å². The highest BCUT2D eigenvalue weighted by Gasteiger charge is 2.23. The first-order valence-corrected chi connectivity index (χ1v) is 10.5. The third-order valence-corrected chi connectivity index (χ3v) is 5.05. The molecule has 0 radical (unpaired) electrons. The van der Waals surface area contributed by atoms with E-state index in [4.69, 9.17) is 9.47 Å². The molecule has 0 spiro atoms. The summed E-state index contributed by atoms with van der Waals surface area (Å²) in [4.78, 5) is 28.7. The summed E-state index contributed by atoms with van der Waals surface area (Å²) in [5, 5.41) is 3.30. The van der Waals surface area contributed by atoms with Gasteiger partial charge in [-0.3, -0.25) is 4.79 Å². The molecule has 1 amide bonds. The van der Waals surface area contributed by atoms with Crippen LogP contribution in [-0.4, -0.2) is 29.8 Å². The Balaban J connectivity index is 1.62. The summed E-state index contributed by atoms with van der Waals surface area (Å²) >= 11 is 4.66. The molecule has 150 valence electrons. The van der Waals surface area contributed by atoms with Crippen LogP contribution >= 0.6 is 27.7 Å². The van der Waals surface area contributed by atoms with Crippen LogP contribution in [0.1, 0.15) is 19.4 Å². The van der Waals surface area contributed by atoms with Crippen LogP contribution in [0.4, 0.5) is 5.69 Å². The lowest BCUT2D eigenvalue weighted by atomic mass is 10.2. The number of benzene rings is 2. The Hall–Kier alpha value is -2.58. The first-order valence-electron chi connectivity index (χ1n) is 8.86. The molecule has 1 aliphatic rings. The third kappa shape index (κ3) is 6.47. The fourth-order valence-electron chi connectivity index (χ4n) is 2.36. The average Bonchev–Trinajstić information content (AvgIpc) is 3.01. The van der Waals surface area contributed by atoms with Crippen molar-refractivity contribution in [3.05, 3.63) is 63.5 Å². The first kappa shape index (κ1) is 21.1. The fourth-order valence-corrected chi connectivity index (χ4v) is 3.47. The molecule has 1 N–H and O–H groups in total. The lowest BCUT2D eigenvalue weighted by molar-refractivity contribution is -0.149. The SMILES string of the molecule is CC(C)OC(=O)COc1ccc(/C=C2\SC(=Nc3ccc(Br)cc3)NC2=O)cc1. The highest BCUT2D eigenvalue weighted by atomic mass is 79.9. The summed E-state index contributed by atoms with van der Waals surface area (Å²) in [6, 6.07) is 14.6. The van der Waals surface area contributed by atoms with E-state index in [0.717, 1.165) is 15.7 Å². The molecule has 0 saturated carbocycles. The minimum Gasteiger partial charge on any atom is -0.482 e. The van der Waals surface area contributed by atoms with E-state index in [1.54, 1.807) is 32.1 Å². The van der Waals surface area contributed by atoms with Crippen LogP contribution in [0.25, 0.3) is 6.08 Å². The average molecular weight is 475 g/mol. The summed E-state index contributed by atoms with van der Waals surface area (Å²) in [5.74, 6) is -0.0562. The van der Waals surface area contributed by atoms with Gasteiger partial charge in [0.25, 0.3) is 5.91 Å². The molecule has 1 aliphatic heterocycles. The first-order chi connectivity index (χ1) is 13.9. The summed E-state index contributed by atoms with van der Waals surface area (Å²) < 4.78 is 11.4. The summed E-state index contributed by atoms with van der Waals surface area (Å²) in [5.41, 5.74) is 1.60. The second-order valence-electron chi connectivity index (χ2n) is 6.35. The van der Waals surface area contributed by atoms with Crippen LogP contribution in [0, 0.1) is 0 Å². The van der Waals surface area contributed by atoms with E-state index in [2.05, 4.69) is 26.2 Å². The van der Waals surface area contributed by atoms with Gasteiger partial charge in [0.1, 0.15) is 5.75 Å². The van der Waals surface area contributed by atoms with E-state index in [-0.39, 0.29) is 18.6 Å². The van der Waals surface area contributed by atoms with Crippen molar-refractivity contribution in [2.75, 3.05) is 6.61 Å². The van der Waals surface area contributed by atoms with Gasteiger partial charge in [0.2, 0.25) is 0 Å². The molecule has 3 rings (SSSR count). The minimum absolute atomic E-state index is 0.146. The summed E-state index contributed by atoms with van der Waals surface area (Å²) in [7, 11) is 0. The van der Waals surface area contributed by atoms with E-state index < -0.39 is 5.97 Å². The Bertz CT molecular complexity index is 954. The van der Waals surface area contributed by atoms with Crippen molar-refractivity contribution in [1.82, 2.24) is 5.32 Å². The number of carbonyl (C=O) groups is 2. The predicted octanol–water partition coefficient (Wildman–Crippen LogP) is 4.67.